The largest absolute Gasteiger partial charge is 0.446 e. The lowest BCUT2D eigenvalue weighted by atomic mass is 9.89. The van der Waals surface area contributed by atoms with Gasteiger partial charge in [0.2, 0.25) is 5.89 Å². The Morgan fingerprint density at radius 2 is 2.07 bits per heavy atom. The molecule has 14 heavy (non-hydrogen) atoms. The smallest absolute Gasteiger partial charge is 0.222 e. The van der Waals surface area contributed by atoms with Gasteiger partial charge in [-0.3, -0.25) is 0 Å². The Labute approximate surface area is 87.2 Å². The third-order valence-electron chi connectivity index (χ3n) is 1.87. The van der Waals surface area contributed by atoms with Gasteiger partial charge in [-0.2, -0.15) is 0 Å². The Bertz CT molecular complexity index is 264. The molecule has 1 rings (SSSR count). The molecule has 1 heterocycles. The predicted molar refractivity (Wildman–Crippen MR) is 58.7 cm³/mol. The van der Waals surface area contributed by atoms with E-state index in [9.17, 15) is 0 Å². The monoisotopic (exact) mass is 213 g/mol. The first kappa shape index (κ1) is 11.5. The van der Waals surface area contributed by atoms with Crippen LogP contribution in [0.15, 0.2) is 16.9 Å². The molecule has 1 aromatic rings. The number of hydrogen-bond donors (Lipinski definition) is 0. The summed E-state index contributed by atoms with van der Waals surface area (Å²) in [6, 6.07) is 0. The molecule has 1 atom stereocenters. The van der Waals surface area contributed by atoms with Gasteiger partial charge < -0.3 is 8.84 Å². The van der Waals surface area contributed by atoms with Crippen molar-refractivity contribution in [2.24, 2.45) is 5.41 Å². The van der Waals surface area contributed by atoms with Gasteiger partial charge in [0.15, 0.2) is 9.04 Å². The molecule has 0 fully saturated rings. The van der Waals surface area contributed by atoms with Crippen molar-refractivity contribution in [3.63, 3.8) is 0 Å². The summed E-state index contributed by atoms with van der Waals surface area (Å²) in [6.45, 7) is 10.7. The van der Waals surface area contributed by atoms with Crippen LogP contribution >= 0.6 is 0 Å². The molecule has 80 valence electrons. The lowest BCUT2D eigenvalue weighted by Gasteiger charge is -2.29. The van der Waals surface area contributed by atoms with Crippen LogP contribution in [0.25, 0.3) is 0 Å². The molecule has 1 aromatic heterocycles. The van der Waals surface area contributed by atoms with E-state index in [1.54, 1.807) is 12.5 Å². The number of oxazole rings is 1. The van der Waals surface area contributed by atoms with Crippen molar-refractivity contribution in [1.82, 2.24) is 4.98 Å². The highest BCUT2D eigenvalue weighted by atomic mass is 28.3. The second-order valence-corrected chi connectivity index (χ2v) is 7.17. The maximum absolute atomic E-state index is 5.94. The van der Waals surface area contributed by atoms with Crippen LogP contribution in [-0.2, 0) is 4.43 Å². The number of aromatic nitrogens is 1. The van der Waals surface area contributed by atoms with Gasteiger partial charge in [-0.15, -0.1) is 0 Å². The molecule has 3 nitrogen and oxygen atoms in total. The standard InChI is InChI=1S/C10H19NO2Si/c1-10(2,3)8(13-14(4)5)9-11-6-7-12-9/h6-8,14H,1-5H3. The summed E-state index contributed by atoms with van der Waals surface area (Å²) in [5.41, 5.74) is 0.0299. The number of nitrogens with zero attached hydrogens (tertiary/aromatic N) is 1. The van der Waals surface area contributed by atoms with Gasteiger partial charge in [0.1, 0.15) is 12.4 Å². The van der Waals surface area contributed by atoms with E-state index in [4.69, 9.17) is 8.84 Å². The fraction of sp³-hybridized carbons (Fsp3) is 0.700. The van der Waals surface area contributed by atoms with Crippen LogP contribution in [0.3, 0.4) is 0 Å². The van der Waals surface area contributed by atoms with E-state index in [1.807, 2.05) is 0 Å². The van der Waals surface area contributed by atoms with Crippen molar-refractivity contribution in [3.05, 3.63) is 18.4 Å². The summed E-state index contributed by atoms with van der Waals surface area (Å²) >= 11 is 0. The number of rotatable bonds is 3. The Morgan fingerprint density at radius 1 is 1.43 bits per heavy atom. The molecular weight excluding hydrogens is 194 g/mol. The second-order valence-electron chi connectivity index (χ2n) is 4.80. The van der Waals surface area contributed by atoms with E-state index in [0.717, 1.165) is 0 Å². The van der Waals surface area contributed by atoms with Crippen LogP contribution in [0.1, 0.15) is 32.8 Å². The lowest BCUT2D eigenvalue weighted by Crippen LogP contribution is -2.26. The maximum atomic E-state index is 5.94. The normalized spacial score (nSPS) is 14.7. The molecule has 0 N–H and O–H groups in total. The topological polar surface area (TPSA) is 35.3 Å². The minimum absolute atomic E-state index is 0.0239. The molecule has 0 amide bonds. The van der Waals surface area contributed by atoms with Crippen molar-refractivity contribution in [1.29, 1.82) is 0 Å². The summed E-state index contributed by atoms with van der Waals surface area (Å²) in [7, 11) is -1.07. The third-order valence-corrected chi connectivity index (χ3v) is 2.69. The molecule has 0 saturated carbocycles. The predicted octanol–water partition coefficient (Wildman–Crippen LogP) is 2.76. The molecule has 0 aliphatic heterocycles. The van der Waals surface area contributed by atoms with Crippen molar-refractivity contribution in [2.75, 3.05) is 0 Å². The van der Waals surface area contributed by atoms with Crippen LogP contribution in [-0.4, -0.2) is 14.0 Å². The fourth-order valence-corrected chi connectivity index (χ4v) is 2.34. The highest BCUT2D eigenvalue weighted by molar-refractivity contribution is 6.48. The SMILES string of the molecule is C[SiH](C)OC(c1ncco1)C(C)(C)C. The zero-order chi connectivity index (χ0) is 10.8. The molecule has 0 aliphatic carbocycles. The molecule has 0 aliphatic rings. The van der Waals surface area contributed by atoms with Gasteiger partial charge in [0.25, 0.3) is 0 Å². The second kappa shape index (κ2) is 4.27. The highest BCUT2D eigenvalue weighted by Gasteiger charge is 2.31. The highest BCUT2D eigenvalue weighted by Crippen LogP contribution is 2.35. The zero-order valence-corrected chi connectivity index (χ0v) is 10.7. The van der Waals surface area contributed by atoms with Crippen LogP contribution in [0.4, 0.5) is 0 Å². The molecule has 4 heteroatoms. The maximum Gasteiger partial charge on any atom is 0.222 e. The molecule has 0 aromatic carbocycles. The molecule has 0 radical (unpaired) electrons. The van der Waals surface area contributed by atoms with E-state index in [-0.39, 0.29) is 11.5 Å². The lowest BCUT2D eigenvalue weighted by molar-refractivity contribution is 0.0613. The quantitative estimate of drug-likeness (QED) is 0.724. The Hall–Kier alpha value is -0.613. The van der Waals surface area contributed by atoms with E-state index in [1.165, 1.54) is 0 Å². The molecule has 0 saturated heterocycles. The van der Waals surface area contributed by atoms with E-state index in [2.05, 4.69) is 38.8 Å². The third kappa shape index (κ3) is 2.96. The average Bonchev–Trinajstić information content (AvgIpc) is 2.49. The van der Waals surface area contributed by atoms with Crippen LogP contribution in [0.5, 0.6) is 0 Å². The van der Waals surface area contributed by atoms with Crippen molar-refractivity contribution in [2.45, 2.75) is 40.0 Å². The molecule has 1 unspecified atom stereocenters. The van der Waals surface area contributed by atoms with Crippen molar-refractivity contribution < 1.29 is 8.84 Å². The zero-order valence-electron chi connectivity index (χ0n) is 9.57. The Kier molecular flexibility index (Phi) is 3.50. The van der Waals surface area contributed by atoms with Gasteiger partial charge >= 0.3 is 0 Å². The Morgan fingerprint density at radius 3 is 2.43 bits per heavy atom. The fourth-order valence-electron chi connectivity index (χ4n) is 1.27. The van der Waals surface area contributed by atoms with Crippen LogP contribution < -0.4 is 0 Å². The van der Waals surface area contributed by atoms with Gasteiger partial charge in [-0.05, 0) is 18.5 Å². The Balaban J connectivity index is 2.83. The first-order valence-electron chi connectivity index (χ1n) is 4.96. The first-order valence-corrected chi connectivity index (χ1v) is 7.74. The van der Waals surface area contributed by atoms with E-state index >= 15 is 0 Å². The minimum atomic E-state index is -1.07. The molecule has 0 bridgehead atoms. The summed E-state index contributed by atoms with van der Waals surface area (Å²) in [5, 5.41) is 0. The van der Waals surface area contributed by atoms with E-state index < -0.39 is 9.04 Å². The summed E-state index contributed by atoms with van der Waals surface area (Å²) in [6.07, 6.45) is 3.24. The summed E-state index contributed by atoms with van der Waals surface area (Å²) in [5.74, 6) is 0.693. The molecular formula is C10H19NO2Si. The molecule has 0 spiro atoms. The number of hydrogen-bond acceptors (Lipinski definition) is 3. The van der Waals surface area contributed by atoms with Crippen LogP contribution in [0, 0.1) is 5.41 Å². The summed E-state index contributed by atoms with van der Waals surface area (Å²) in [4.78, 5) is 4.17. The van der Waals surface area contributed by atoms with Crippen LogP contribution in [0.2, 0.25) is 13.1 Å². The summed E-state index contributed by atoms with van der Waals surface area (Å²) < 4.78 is 11.3. The van der Waals surface area contributed by atoms with Crippen molar-refractivity contribution in [3.8, 4) is 0 Å². The van der Waals surface area contributed by atoms with Gasteiger partial charge in [0.05, 0.1) is 6.20 Å². The van der Waals surface area contributed by atoms with E-state index in [0.29, 0.717) is 5.89 Å². The minimum Gasteiger partial charge on any atom is -0.446 e. The average molecular weight is 213 g/mol. The van der Waals surface area contributed by atoms with Crippen molar-refractivity contribution >= 4 is 9.04 Å². The van der Waals surface area contributed by atoms with Gasteiger partial charge in [0, 0.05) is 0 Å². The first-order chi connectivity index (χ1) is 6.41. The van der Waals surface area contributed by atoms with Gasteiger partial charge in [-0.25, -0.2) is 4.98 Å². The van der Waals surface area contributed by atoms with Gasteiger partial charge in [-0.1, -0.05) is 20.8 Å².